The third kappa shape index (κ3) is 3.84. The molecule has 0 atom stereocenters. The van der Waals surface area contributed by atoms with Crippen LogP contribution in [0.3, 0.4) is 0 Å². The van der Waals surface area contributed by atoms with E-state index in [2.05, 4.69) is 28.1 Å². The first-order valence-corrected chi connectivity index (χ1v) is 7.28. The number of aryl methyl sites for hydroxylation is 2. The van der Waals surface area contributed by atoms with Crippen LogP contribution in [-0.4, -0.2) is 18.3 Å². The summed E-state index contributed by atoms with van der Waals surface area (Å²) in [5.41, 5.74) is 3.90. The lowest BCUT2D eigenvalue weighted by molar-refractivity contribution is -0.107. The predicted octanol–water partition coefficient (Wildman–Crippen LogP) is 3.56. The molecule has 0 heterocycles. The fourth-order valence-electron chi connectivity index (χ4n) is 2.05. The number of anilines is 1. The second-order valence-corrected chi connectivity index (χ2v) is 5.09. The van der Waals surface area contributed by atoms with Crippen molar-refractivity contribution in [2.75, 3.05) is 16.8 Å². The number of hydrogen-bond donors (Lipinski definition) is 0. The minimum atomic E-state index is 0.738. The standard InChI is InChI=1S/C12H15NO.C2H5Br/c1-2-13(9-14)12-7-6-10-4-3-5-11(10)8-12;1-2-3/h6-9H,2-5H2,1H3;2H2,1H3. The molecule has 1 aromatic carbocycles. The highest BCUT2D eigenvalue weighted by atomic mass is 79.9. The average molecular weight is 298 g/mol. The van der Waals surface area contributed by atoms with Gasteiger partial charge in [-0.25, -0.2) is 0 Å². The number of alkyl halides is 1. The molecule has 17 heavy (non-hydrogen) atoms. The second kappa shape index (κ2) is 7.49. The van der Waals surface area contributed by atoms with Crippen LogP contribution in [0.5, 0.6) is 0 Å². The number of carbonyl (C=O) groups excluding carboxylic acids is 1. The zero-order chi connectivity index (χ0) is 12.7. The summed E-state index contributed by atoms with van der Waals surface area (Å²) >= 11 is 3.15. The van der Waals surface area contributed by atoms with E-state index in [0.29, 0.717) is 0 Å². The highest BCUT2D eigenvalue weighted by molar-refractivity contribution is 9.09. The van der Waals surface area contributed by atoms with Crippen molar-refractivity contribution < 1.29 is 4.79 Å². The van der Waals surface area contributed by atoms with Crippen LogP contribution < -0.4 is 4.90 Å². The number of rotatable bonds is 3. The van der Waals surface area contributed by atoms with Gasteiger partial charge in [0.25, 0.3) is 0 Å². The van der Waals surface area contributed by atoms with Crippen molar-refractivity contribution >= 4 is 28.0 Å². The summed E-state index contributed by atoms with van der Waals surface area (Å²) in [7, 11) is 0. The van der Waals surface area contributed by atoms with Crippen molar-refractivity contribution in [2.24, 2.45) is 0 Å². The number of hydrogen-bond acceptors (Lipinski definition) is 1. The van der Waals surface area contributed by atoms with Gasteiger partial charge in [-0.05, 0) is 49.4 Å². The van der Waals surface area contributed by atoms with Crippen LogP contribution in [0, 0.1) is 0 Å². The van der Waals surface area contributed by atoms with Gasteiger partial charge < -0.3 is 4.90 Å². The van der Waals surface area contributed by atoms with E-state index < -0.39 is 0 Å². The van der Waals surface area contributed by atoms with Gasteiger partial charge in [-0.2, -0.15) is 0 Å². The lowest BCUT2D eigenvalue weighted by Gasteiger charge is -2.15. The van der Waals surface area contributed by atoms with E-state index in [4.69, 9.17) is 0 Å². The van der Waals surface area contributed by atoms with Crippen LogP contribution in [0.25, 0.3) is 0 Å². The number of nitrogens with zero attached hydrogens (tertiary/aromatic N) is 1. The van der Waals surface area contributed by atoms with Gasteiger partial charge >= 0.3 is 0 Å². The Morgan fingerprint density at radius 3 is 2.53 bits per heavy atom. The highest BCUT2D eigenvalue weighted by Crippen LogP contribution is 2.26. The Labute approximate surface area is 112 Å². The van der Waals surface area contributed by atoms with Gasteiger partial charge in [0, 0.05) is 17.6 Å². The summed E-state index contributed by atoms with van der Waals surface area (Å²) in [6.45, 7) is 4.77. The molecule has 3 heteroatoms. The van der Waals surface area contributed by atoms with E-state index in [1.54, 1.807) is 4.90 Å². The summed E-state index contributed by atoms with van der Waals surface area (Å²) in [6.07, 6.45) is 4.52. The molecule has 0 fully saturated rings. The van der Waals surface area contributed by atoms with Crippen molar-refractivity contribution in [1.29, 1.82) is 0 Å². The van der Waals surface area contributed by atoms with Gasteiger partial charge in [-0.15, -0.1) is 0 Å². The molecule has 0 bridgehead atoms. The minimum Gasteiger partial charge on any atom is -0.315 e. The molecular weight excluding hydrogens is 278 g/mol. The van der Waals surface area contributed by atoms with E-state index in [9.17, 15) is 4.79 Å². The zero-order valence-corrected chi connectivity index (χ0v) is 12.2. The van der Waals surface area contributed by atoms with Crippen LogP contribution in [0.2, 0.25) is 0 Å². The first-order chi connectivity index (χ1) is 8.26. The Bertz CT molecular complexity index is 365. The molecule has 2 rings (SSSR count). The van der Waals surface area contributed by atoms with Crippen molar-refractivity contribution in [1.82, 2.24) is 0 Å². The first kappa shape index (κ1) is 14.2. The van der Waals surface area contributed by atoms with Gasteiger partial charge in [-0.3, -0.25) is 4.79 Å². The Morgan fingerprint density at radius 1 is 1.29 bits per heavy atom. The maximum atomic E-state index is 10.8. The normalized spacial score (nSPS) is 12.4. The Balaban J connectivity index is 0.000000437. The molecule has 0 unspecified atom stereocenters. The predicted molar refractivity (Wildman–Crippen MR) is 77.0 cm³/mol. The lowest BCUT2D eigenvalue weighted by Crippen LogP contribution is -2.20. The van der Waals surface area contributed by atoms with E-state index in [0.717, 1.165) is 24.0 Å². The van der Waals surface area contributed by atoms with Crippen molar-refractivity contribution in [3.05, 3.63) is 29.3 Å². The van der Waals surface area contributed by atoms with Crippen molar-refractivity contribution in [3.63, 3.8) is 0 Å². The summed E-state index contributed by atoms with van der Waals surface area (Å²) in [4.78, 5) is 12.5. The smallest absolute Gasteiger partial charge is 0.214 e. The van der Waals surface area contributed by atoms with Gasteiger partial charge in [0.15, 0.2) is 0 Å². The molecule has 1 aliphatic rings. The van der Waals surface area contributed by atoms with Crippen LogP contribution in [0.15, 0.2) is 18.2 Å². The minimum absolute atomic E-state index is 0.738. The van der Waals surface area contributed by atoms with E-state index in [1.165, 1.54) is 30.4 Å². The quantitative estimate of drug-likeness (QED) is 0.617. The second-order valence-electron chi connectivity index (χ2n) is 3.97. The van der Waals surface area contributed by atoms with E-state index >= 15 is 0 Å². The average Bonchev–Trinajstić information content (AvgIpc) is 2.79. The molecular formula is C14H20BrNO. The van der Waals surface area contributed by atoms with E-state index in [1.807, 2.05) is 19.9 Å². The summed E-state index contributed by atoms with van der Waals surface area (Å²) in [5, 5.41) is 1.06. The molecule has 0 saturated carbocycles. The van der Waals surface area contributed by atoms with Crippen LogP contribution in [0.4, 0.5) is 5.69 Å². The molecule has 0 N–H and O–H groups in total. The number of carbonyl (C=O) groups is 1. The maximum Gasteiger partial charge on any atom is 0.214 e. The number of halogens is 1. The molecule has 0 spiro atoms. The summed E-state index contributed by atoms with van der Waals surface area (Å²) < 4.78 is 0. The number of amides is 1. The van der Waals surface area contributed by atoms with Gasteiger partial charge in [-0.1, -0.05) is 28.9 Å². The summed E-state index contributed by atoms with van der Waals surface area (Å²) in [5.74, 6) is 0. The third-order valence-electron chi connectivity index (χ3n) is 2.88. The summed E-state index contributed by atoms with van der Waals surface area (Å²) in [6, 6.07) is 6.35. The molecule has 0 aliphatic heterocycles. The SMILES string of the molecule is CCBr.CCN(C=O)c1ccc2c(c1)CCC2. The van der Waals surface area contributed by atoms with E-state index in [-0.39, 0.29) is 0 Å². The molecule has 94 valence electrons. The zero-order valence-electron chi connectivity index (χ0n) is 10.6. The third-order valence-corrected chi connectivity index (χ3v) is 2.88. The molecule has 0 radical (unpaired) electrons. The van der Waals surface area contributed by atoms with Crippen LogP contribution in [0.1, 0.15) is 31.4 Å². The Kier molecular flexibility index (Phi) is 6.27. The Hall–Kier alpha value is -0.830. The van der Waals surface area contributed by atoms with Crippen molar-refractivity contribution in [3.8, 4) is 0 Å². The van der Waals surface area contributed by atoms with Crippen LogP contribution in [-0.2, 0) is 17.6 Å². The topological polar surface area (TPSA) is 20.3 Å². The first-order valence-electron chi connectivity index (χ1n) is 6.16. The van der Waals surface area contributed by atoms with Gasteiger partial charge in [0.1, 0.15) is 0 Å². The molecule has 0 aromatic heterocycles. The largest absolute Gasteiger partial charge is 0.315 e. The number of benzene rings is 1. The molecule has 1 amide bonds. The Morgan fingerprint density at radius 2 is 1.94 bits per heavy atom. The molecule has 0 saturated heterocycles. The number of fused-ring (bicyclic) bond motifs is 1. The molecule has 2 nitrogen and oxygen atoms in total. The monoisotopic (exact) mass is 297 g/mol. The fourth-order valence-corrected chi connectivity index (χ4v) is 2.05. The van der Waals surface area contributed by atoms with Gasteiger partial charge in [0.2, 0.25) is 6.41 Å². The lowest BCUT2D eigenvalue weighted by atomic mass is 10.1. The highest BCUT2D eigenvalue weighted by Gasteiger charge is 2.12. The molecule has 1 aliphatic carbocycles. The van der Waals surface area contributed by atoms with Crippen LogP contribution >= 0.6 is 15.9 Å². The fraction of sp³-hybridized carbons (Fsp3) is 0.500. The maximum absolute atomic E-state index is 10.8. The van der Waals surface area contributed by atoms with Gasteiger partial charge in [0.05, 0.1) is 0 Å². The van der Waals surface area contributed by atoms with Crippen molar-refractivity contribution in [2.45, 2.75) is 33.1 Å². The molecule has 1 aromatic rings.